The molecule has 0 N–H and O–H groups in total. The predicted octanol–water partition coefficient (Wildman–Crippen LogP) is 1.76. The van der Waals surface area contributed by atoms with E-state index in [1.54, 1.807) is 25.3 Å². The lowest BCUT2D eigenvalue weighted by Gasteiger charge is -2.47. The molecule has 1 aromatic rings. The van der Waals surface area contributed by atoms with Crippen LogP contribution in [0.15, 0.2) is 18.2 Å². The summed E-state index contributed by atoms with van der Waals surface area (Å²) in [6, 6.07) is 5.38. The van der Waals surface area contributed by atoms with Gasteiger partial charge in [0.25, 0.3) is 5.91 Å². The molecule has 1 atom stereocenters. The minimum absolute atomic E-state index is 0.0698. The van der Waals surface area contributed by atoms with Crippen molar-refractivity contribution in [3.8, 4) is 11.5 Å². The van der Waals surface area contributed by atoms with E-state index >= 15 is 0 Å². The smallest absolute Gasteiger partial charge is 0.254 e. The number of nitrogens with zero attached hydrogens (tertiary/aromatic N) is 1. The number of carbonyl (C=O) groups excluding carboxylic acids is 1. The highest BCUT2D eigenvalue weighted by Crippen LogP contribution is 2.46. The Hall–Kier alpha value is -1.40. The number of amides is 1. The molecule has 3 aliphatic heterocycles. The van der Waals surface area contributed by atoms with Gasteiger partial charge in [0, 0.05) is 31.5 Å². The van der Waals surface area contributed by atoms with Crippen molar-refractivity contribution in [1.82, 2.24) is 4.90 Å². The summed E-state index contributed by atoms with van der Waals surface area (Å²) in [5.74, 6) is 2.47. The number of hydrogen-bond donors (Lipinski definition) is 0. The van der Waals surface area contributed by atoms with E-state index in [0.29, 0.717) is 23.2 Å². The van der Waals surface area contributed by atoms with Crippen LogP contribution in [0.2, 0.25) is 0 Å². The molecule has 21 heavy (non-hydrogen) atoms. The van der Waals surface area contributed by atoms with Crippen LogP contribution in [0.3, 0.4) is 0 Å². The second kappa shape index (κ2) is 4.81. The average Bonchev–Trinajstić information content (AvgIpc) is 3.10. The highest BCUT2D eigenvalue weighted by Gasteiger charge is 2.50. The fourth-order valence-electron chi connectivity index (χ4n) is 3.18. The molecular formula is C15H17NO4S. The maximum atomic E-state index is 12.5. The number of methoxy groups -OCH3 is 1. The van der Waals surface area contributed by atoms with Gasteiger partial charge in [0.15, 0.2) is 11.5 Å². The van der Waals surface area contributed by atoms with Crippen molar-refractivity contribution in [1.29, 1.82) is 0 Å². The number of carbonyl (C=O) groups is 1. The lowest BCUT2D eigenvalue weighted by molar-refractivity contribution is 0.0451. The zero-order valence-corrected chi connectivity index (χ0v) is 12.6. The molecule has 0 unspecified atom stereocenters. The molecule has 0 aromatic heterocycles. The van der Waals surface area contributed by atoms with E-state index in [-0.39, 0.29) is 17.4 Å². The van der Waals surface area contributed by atoms with Gasteiger partial charge in [0.1, 0.15) is 0 Å². The van der Waals surface area contributed by atoms with Gasteiger partial charge in [0.05, 0.1) is 10.9 Å². The van der Waals surface area contributed by atoms with Gasteiger partial charge >= 0.3 is 0 Å². The largest absolute Gasteiger partial charge is 0.454 e. The van der Waals surface area contributed by atoms with Crippen LogP contribution in [0.25, 0.3) is 0 Å². The number of thioether (sulfide) groups is 1. The van der Waals surface area contributed by atoms with E-state index < -0.39 is 0 Å². The molecular weight excluding hydrogens is 290 g/mol. The number of ether oxygens (including phenoxy) is 3. The van der Waals surface area contributed by atoms with E-state index in [1.165, 1.54) is 0 Å². The van der Waals surface area contributed by atoms with Gasteiger partial charge in [-0.2, -0.15) is 0 Å². The Morgan fingerprint density at radius 3 is 2.95 bits per heavy atom. The second-order valence-electron chi connectivity index (χ2n) is 5.79. The highest BCUT2D eigenvalue weighted by atomic mass is 32.2. The average molecular weight is 307 g/mol. The molecule has 3 aliphatic rings. The van der Waals surface area contributed by atoms with Gasteiger partial charge in [0.2, 0.25) is 6.79 Å². The third-order valence-electron chi connectivity index (χ3n) is 4.37. The first-order valence-electron chi connectivity index (χ1n) is 7.05. The Morgan fingerprint density at radius 2 is 2.19 bits per heavy atom. The summed E-state index contributed by atoms with van der Waals surface area (Å²) in [4.78, 5) is 14.4. The molecule has 4 rings (SSSR count). The Morgan fingerprint density at radius 1 is 1.38 bits per heavy atom. The standard InChI is InChI=1S/C15H17NO4S/c1-18-11-5-15(21-6-11)7-16(8-15)14(17)10-2-3-12-13(4-10)20-9-19-12/h2-4,11H,5-9H2,1H3/t11-/m1/s1. The molecule has 2 fully saturated rings. The van der Waals surface area contributed by atoms with Crippen molar-refractivity contribution in [3.63, 3.8) is 0 Å². The Labute approximate surface area is 127 Å². The first kappa shape index (κ1) is 13.3. The first-order chi connectivity index (χ1) is 10.2. The summed E-state index contributed by atoms with van der Waals surface area (Å²) in [6.07, 6.45) is 1.37. The van der Waals surface area contributed by atoms with Crippen molar-refractivity contribution >= 4 is 17.7 Å². The Bertz CT molecular complexity index is 585. The van der Waals surface area contributed by atoms with Crippen LogP contribution in [-0.2, 0) is 4.74 Å². The SMILES string of the molecule is CO[C@H]1CSC2(C1)CN(C(=O)c1ccc3c(c1)OCO3)C2. The molecule has 0 aliphatic carbocycles. The number of rotatable bonds is 2. The van der Waals surface area contributed by atoms with Gasteiger partial charge in [-0.05, 0) is 24.6 Å². The van der Waals surface area contributed by atoms with Crippen molar-refractivity contribution in [2.24, 2.45) is 0 Å². The minimum Gasteiger partial charge on any atom is -0.454 e. The highest BCUT2D eigenvalue weighted by molar-refractivity contribution is 8.01. The molecule has 0 radical (unpaired) electrons. The van der Waals surface area contributed by atoms with Gasteiger partial charge in [-0.25, -0.2) is 0 Å². The summed E-state index contributed by atoms with van der Waals surface area (Å²) in [5.41, 5.74) is 0.667. The van der Waals surface area contributed by atoms with Crippen molar-refractivity contribution in [2.75, 3.05) is 32.7 Å². The molecule has 1 amide bonds. The van der Waals surface area contributed by atoms with Crippen molar-refractivity contribution in [2.45, 2.75) is 17.3 Å². The number of likely N-dealkylation sites (tertiary alicyclic amines) is 1. The fraction of sp³-hybridized carbons (Fsp3) is 0.533. The zero-order valence-electron chi connectivity index (χ0n) is 11.8. The second-order valence-corrected chi connectivity index (χ2v) is 7.27. The summed E-state index contributed by atoms with van der Waals surface area (Å²) in [5, 5.41) is 0. The van der Waals surface area contributed by atoms with Gasteiger partial charge in [-0.15, -0.1) is 11.8 Å². The number of hydrogen-bond acceptors (Lipinski definition) is 5. The molecule has 6 heteroatoms. The molecule has 0 bridgehead atoms. The molecule has 112 valence electrons. The van der Waals surface area contributed by atoms with Crippen LogP contribution >= 0.6 is 11.8 Å². The van der Waals surface area contributed by atoms with Gasteiger partial charge in [-0.3, -0.25) is 4.79 Å². The molecule has 3 heterocycles. The summed E-state index contributed by atoms with van der Waals surface area (Å²) in [6.45, 7) is 1.85. The Balaban J connectivity index is 1.43. The summed E-state index contributed by atoms with van der Waals surface area (Å²) < 4.78 is 16.2. The maximum absolute atomic E-state index is 12.5. The molecule has 1 spiro atoms. The van der Waals surface area contributed by atoms with Crippen LogP contribution in [0, 0.1) is 0 Å². The van der Waals surface area contributed by atoms with Crippen LogP contribution in [-0.4, -0.2) is 54.4 Å². The lowest BCUT2D eigenvalue weighted by atomic mass is 9.92. The lowest BCUT2D eigenvalue weighted by Crippen LogP contribution is -2.60. The van der Waals surface area contributed by atoms with E-state index in [4.69, 9.17) is 14.2 Å². The number of benzene rings is 1. The minimum atomic E-state index is 0.0698. The van der Waals surface area contributed by atoms with Crippen LogP contribution in [0.1, 0.15) is 16.8 Å². The van der Waals surface area contributed by atoms with E-state index in [2.05, 4.69) is 0 Å². The van der Waals surface area contributed by atoms with Crippen LogP contribution < -0.4 is 9.47 Å². The molecule has 5 nitrogen and oxygen atoms in total. The topological polar surface area (TPSA) is 48.0 Å². The molecule has 2 saturated heterocycles. The van der Waals surface area contributed by atoms with E-state index in [9.17, 15) is 4.79 Å². The third kappa shape index (κ3) is 2.17. The molecule has 1 aromatic carbocycles. The van der Waals surface area contributed by atoms with Gasteiger partial charge < -0.3 is 19.1 Å². The first-order valence-corrected chi connectivity index (χ1v) is 8.03. The fourth-order valence-corrected chi connectivity index (χ4v) is 4.77. The van der Waals surface area contributed by atoms with Crippen molar-refractivity contribution in [3.05, 3.63) is 23.8 Å². The summed E-state index contributed by atoms with van der Waals surface area (Å²) in [7, 11) is 1.76. The van der Waals surface area contributed by atoms with E-state index in [0.717, 1.165) is 25.3 Å². The molecule has 0 saturated carbocycles. The normalized spacial score (nSPS) is 25.2. The van der Waals surface area contributed by atoms with Crippen LogP contribution in [0.5, 0.6) is 11.5 Å². The van der Waals surface area contributed by atoms with E-state index in [1.807, 2.05) is 16.7 Å². The van der Waals surface area contributed by atoms with Crippen molar-refractivity contribution < 1.29 is 19.0 Å². The quantitative estimate of drug-likeness (QED) is 0.833. The predicted molar refractivity (Wildman–Crippen MR) is 79.1 cm³/mol. The zero-order chi connectivity index (χ0) is 14.4. The number of fused-ring (bicyclic) bond motifs is 1. The summed E-state index contributed by atoms with van der Waals surface area (Å²) >= 11 is 1.94. The van der Waals surface area contributed by atoms with Crippen LogP contribution in [0.4, 0.5) is 0 Å². The maximum Gasteiger partial charge on any atom is 0.254 e. The van der Waals surface area contributed by atoms with Gasteiger partial charge in [-0.1, -0.05) is 0 Å². The monoisotopic (exact) mass is 307 g/mol. The Kier molecular flexibility index (Phi) is 3.04. The third-order valence-corrected chi connectivity index (χ3v) is 5.95.